The van der Waals surface area contributed by atoms with E-state index in [1.165, 1.54) is 26.3 Å². The van der Waals surface area contributed by atoms with Gasteiger partial charge in [-0.1, -0.05) is 18.2 Å². The van der Waals surface area contributed by atoms with Crippen LogP contribution in [0.1, 0.15) is 12.5 Å². The molecule has 1 amide bonds. The first kappa shape index (κ1) is 20.2. The first-order valence-corrected chi connectivity index (χ1v) is 9.83. The number of rotatable bonds is 7. The predicted molar refractivity (Wildman–Crippen MR) is 104 cm³/mol. The van der Waals surface area contributed by atoms with Crippen LogP contribution in [0.3, 0.4) is 0 Å². The van der Waals surface area contributed by atoms with E-state index in [9.17, 15) is 18.3 Å². The van der Waals surface area contributed by atoms with Gasteiger partial charge in [-0.25, -0.2) is 13.8 Å². The second-order valence-electron chi connectivity index (χ2n) is 5.74. The molecule has 0 aliphatic rings. The molecular formula is C18H21N3O5S. The fourth-order valence-electron chi connectivity index (χ4n) is 2.42. The quantitative estimate of drug-likeness (QED) is 0.552. The summed E-state index contributed by atoms with van der Waals surface area (Å²) >= 11 is 0. The molecule has 8 nitrogen and oxygen atoms in total. The molecule has 0 spiro atoms. The van der Waals surface area contributed by atoms with Crippen LogP contribution in [0.4, 0.5) is 5.69 Å². The van der Waals surface area contributed by atoms with E-state index >= 15 is 0 Å². The molecule has 0 aliphatic carbocycles. The fourth-order valence-corrected chi connectivity index (χ4v) is 3.60. The van der Waals surface area contributed by atoms with Crippen LogP contribution in [-0.2, 0) is 14.8 Å². The van der Waals surface area contributed by atoms with Crippen molar-refractivity contribution in [3.63, 3.8) is 0 Å². The third kappa shape index (κ3) is 5.20. The number of phenolic OH excluding ortho intramolecular Hbond substituents is 1. The predicted octanol–water partition coefficient (Wildman–Crippen LogP) is 1.71. The molecule has 1 atom stereocenters. The highest BCUT2D eigenvalue weighted by Gasteiger charge is 2.28. The number of ether oxygens (including phenoxy) is 1. The number of amides is 1. The fraction of sp³-hybridized carbons (Fsp3) is 0.222. The van der Waals surface area contributed by atoms with Crippen LogP contribution in [0.15, 0.2) is 53.6 Å². The zero-order chi connectivity index (χ0) is 20.0. The number of para-hydroxylation sites is 1. The number of anilines is 1. The van der Waals surface area contributed by atoms with Crippen molar-refractivity contribution in [3.05, 3.63) is 54.1 Å². The zero-order valence-corrected chi connectivity index (χ0v) is 16.0. The van der Waals surface area contributed by atoms with Crippen LogP contribution in [0.2, 0.25) is 0 Å². The number of carbonyl (C=O) groups is 1. The Morgan fingerprint density at radius 1 is 1.26 bits per heavy atom. The lowest BCUT2D eigenvalue weighted by Crippen LogP contribution is -2.46. The standard InChI is InChI=1S/C18H21N3O5S/c1-13(21(27(3,24)25)15-7-5-4-6-8-15)18(23)20-19-12-14-9-10-16(22)17(11-14)26-2/h4-13,22H,1-3H3,(H,20,23)/b19-12-/t13-/m1/s1. The van der Waals surface area contributed by atoms with E-state index in [0.29, 0.717) is 11.3 Å². The SMILES string of the molecule is COc1cc(/C=N\NC(=O)[C@@H](C)N(c2ccccc2)S(C)(=O)=O)ccc1O. The van der Waals surface area contributed by atoms with Gasteiger partial charge in [-0.05, 0) is 42.8 Å². The van der Waals surface area contributed by atoms with Crippen LogP contribution in [-0.4, -0.2) is 45.1 Å². The summed E-state index contributed by atoms with van der Waals surface area (Å²) in [5, 5.41) is 13.4. The van der Waals surface area contributed by atoms with Crippen molar-refractivity contribution in [1.29, 1.82) is 0 Å². The van der Waals surface area contributed by atoms with Crippen molar-refractivity contribution in [2.75, 3.05) is 17.7 Å². The van der Waals surface area contributed by atoms with E-state index in [-0.39, 0.29) is 11.5 Å². The smallest absolute Gasteiger partial charge is 0.263 e. The normalized spacial score (nSPS) is 12.6. The van der Waals surface area contributed by atoms with E-state index in [4.69, 9.17) is 4.74 Å². The van der Waals surface area contributed by atoms with E-state index in [0.717, 1.165) is 10.6 Å². The number of nitrogens with one attached hydrogen (secondary N) is 1. The Balaban J connectivity index is 2.14. The van der Waals surface area contributed by atoms with Gasteiger partial charge in [0.1, 0.15) is 6.04 Å². The maximum atomic E-state index is 12.4. The summed E-state index contributed by atoms with van der Waals surface area (Å²) < 4.78 is 30.3. The Bertz CT molecular complexity index is 929. The third-order valence-corrected chi connectivity index (χ3v) is 4.93. The number of phenols is 1. The summed E-state index contributed by atoms with van der Waals surface area (Å²) in [7, 11) is -2.26. The van der Waals surface area contributed by atoms with Crippen molar-refractivity contribution in [2.45, 2.75) is 13.0 Å². The van der Waals surface area contributed by atoms with E-state index in [1.54, 1.807) is 42.5 Å². The molecule has 2 aromatic rings. The molecule has 0 bridgehead atoms. The minimum Gasteiger partial charge on any atom is -0.504 e. The topological polar surface area (TPSA) is 108 Å². The first-order chi connectivity index (χ1) is 12.7. The monoisotopic (exact) mass is 391 g/mol. The van der Waals surface area contributed by atoms with Gasteiger partial charge in [-0.3, -0.25) is 9.10 Å². The van der Waals surface area contributed by atoms with Crippen LogP contribution in [0.5, 0.6) is 11.5 Å². The van der Waals surface area contributed by atoms with Gasteiger partial charge >= 0.3 is 0 Å². The number of hydrogen-bond donors (Lipinski definition) is 2. The lowest BCUT2D eigenvalue weighted by atomic mass is 10.2. The van der Waals surface area contributed by atoms with Crippen LogP contribution >= 0.6 is 0 Å². The summed E-state index contributed by atoms with van der Waals surface area (Å²) in [6.07, 6.45) is 2.40. The number of hydrazone groups is 1. The number of carbonyl (C=O) groups excluding carboxylic acids is 1. The first-order valence-electron chi connectivity index (χ1n) is 7.98. The highest BCUT2D eigenvalue weighted by atomic mass is 32.2. The minimum absolute atomic E-state index is 0.0148. The molecule has 0 saturated carbocycles. The Kier molecular flexibility index (Phi) is 6.40. The van der Waals surface area contributed by atoms with Crippen molar-refractivity contribution in [3.8, 4) is 11.5 Å². The molecule has 0 aromatic heterocycles. The van der Waals surface area contributed by atoms with Gasteiger partial charge in [0.05, 0.1) is 25.3 Å². The Hall–Kier alpha value is -3.07. The summed E-state index contributed by atoms with van der Waals surface area (Å²) in [6.45, 7) is 1.47. The second-order valence-corrected chi connectivity index (χ2v) is 7.60. The van der Waals surface area contributed by atoms with Crippen molar-refractivity contribution in [2.24, 2.45) is 5.10 Å². The zero-order valence-electron chi connectivity index (χ0n) is 15.2. The molecular weight excluding hydrogens is 370 g/mol. The summed E-state index contributed by atoms with van der Waals surface area (Å²) in [4.78, 5) is 12.4. The summed E-state index contributed by atoms with van der Waals surface area (Å²) in [5.74, 6) is -0.337. The molecule has 0 radical (unpaired) electrons. The van der Waals surface area contributed by atoms with Gasteiger partial charge in [0.2, 0.25) is 10.0 Å². The molecule has 0 unspecified atom stereocenters. The molecule has 9 heteroatoms. The number of methoxy groups -OCH3 is 1. The maximum Gasteiger partial charge on any atom is 0.263 e. The average Bonchev–Trinajstić information content (AvgIpc) is 2.62. The number of aromatic hydroxyl groups is 1. The van der Waals surface area contributed by atoms with Crippen LogP contribution in [0, 0.1) is 0 Å². The molecule has 2 N–H and O–H groups in total. The highest BCUT2D eigenvalue weighted by Crippen LogP contribution is 2.25. The lowest BCUT2D eigenvalue weighted by molar-refractivity contribution is -0.121. The van der Waals surface area contributed by atoms with Crippen LogP contribution < -0.4 is 14.5 Å². The van der Waals surface area contributed by atoms with Gasteiger partial charge < -0.3 is 9.84 Å². The molecule has 0 fully saturated rings. The molecule has 0 heterocycles. The minimum atomic E-state index is -3.68. The largest absolute Gasteiger partial charge is 0.504 e. The van der Waals surface area contributed by atoms with E-state index < -0.39 is 22.0 Å². The Morgan fingerprint density at radius 3 is 2.52 bits per heavy atom. The van der Waals surface area contributed by atoms with Gasteiger partial charge in [0.25, 0.3) is 5.91 Å². The molecule has 0 aliphatic heterocycles. The lowest BCUT2D eigenvalue weighted by Gasteiger charge is -2.27. The van der Waals surface area contributed by atoms with Crippen molar-refractivity contribution in [1.82, 2.24) is 5.43 Å². The number of nitrogens with zero attached hydrogens (tertiary/aromatic N) is 2. The molecule has 27 heavy (non-hydrogen) atoms. The highest BCUT2D eigenvalue weighted by molar-refractivity contribution is 7.92. The number of sulfonamides is 1. The Morgan fingerprint density at radius 2 is 1.93 bits per heavy atom. The molecule has 0 saturated heterocycles. The third-order valence-electron chi connectivity index (χ3n) is 3.69. The molecule has 144 valence electrons. The second kappa shape index (κ2) is 8.54. The van der Waals surface area contributed by atoms with Gasteiger partial charge in [-0.15, -0.1) is 0 Å². The van der Waals surface area contributed by atoms with Gasteiger partial charge in [-0.2, -0.15) is 5.10 Å². The number of benzene rings is 2. The van der Waals surface area contributed by atoms with E-state index in [2.05, 4.69) is 10.5 Å². The van der Waals surface area contributed by atoms with Crippen molar-refractivity contribution < 1.29 is 23.1 Å². The Labute approximate surface area is 158 Å². The average molecular weight is 391 g/mol. The number of hydrogen-bond acceptors (Lipinski definition) is 6. The summed E-state index contributed by atoms with van der Waals surface area (Å²) in [5.41, 5.74) is 3.29. The maximum absolute atomic E-state index is 12.4. The van der Waals surface area contributed by atoms with Gasteiger partial charge in [0, 0.05) is 0 Å². The van der Waals surface area contributed by atoms with Crippen LogP contribution in [0.25, 0.3) is 0 Å². The van der Waals surface area contributed by atoms with Gasteiger partial charge in [0.15, 0.2) is 11.5 Å². The summed E-state index contributed by atoms with van der Waals surface area (Å²) in [6, 6.07) is 11.9. The molecule has 2 rings (SSSR count). The van der Waals surface area contributed by atoms with Crippen molar-refractivity contribution >= 4 is 27.8 Å². The molecule has 2 aromatic carbocycles. The van der Waals surface area contributed by atoms with E-state index in [1.807, 2.05) is 0 Å².